The maximum atomic E-state index is 11.1. The van der Waals surface area contributed by atoms with E-state index in [2.05, 4.69) is 20.3 Å². The first-order valence-electron chi connectivity index (χ1n) is 9.19. The topological polar surface area (TPSA) is 104 Å². The number of hydrogen-bond donors (Lipinski definition) is 2. The van der Waals surface area contributed by atoms with Crippen LogP contribution in [0.25, 0.3) is 11.5 Å². The molecule has 3 aromatic rings. The number of nitrogens with zero attached hydrogens (tertiary/aromatic N) is 4. The highest BCUT2D eigenvalue weighted by Gasteiger charge is 2.26. The molecule has 0 spiro atoms. The van der Waals surface area contributed by atoms with Crippen LogP contribution in [0.2, 0.25) is 0 Å². The summed E-state index contributed by atoms with van der Waals surface area (Å²) in [6.07, 6.45) is 4.58. The van der Waals surface area contributed by atoms with Gasteiger partial charge in [-0.15, -0.1) is 0 Å². The Morgan fingerprint density at radius 2 is 2.04 bits per heavy atom. The van der Waals surface area contributed by atoms with Gasteiger partial charge >= 0.3 is 5.97 Å². The van der Waals surface area contributed by atoms with Gasteiger partial charge in [0.2, 0.25) is 0 Å². The molecule has 1 aliphatic rings. The number of carboxylic acids is 1. The van der Waals surface area contributed by atoms with Crippen LogP contribution in [0.5, 0.6) is 0 Å². The van der Waals surface area contributed by atoms with Crippen LogP contribution in [0.3, 0.4) is 0 Å². The van der Waals surface area contributed by atoms with E-state index in [4.69, 9.17) is 9.52 Å². The van der Waals surface area contributed by atoms with E-state index in [1.165, 1.54) is 0 Å². The molecule has 0 amide bonds. The van der Waals surface area contributed by atoms with Gasteiger partial charge in [-0.1, -0.05) is 6.07 Å². The summed E-state index contributed by atoms with van der Waals surface area (Å²) >= 11 is 0. The predicted octanol–water partition coefficient (Wildman–Crippen LogP) is 3.48. The standard InChI is InChI=1S/C20H21N5O3/c1-13-5-8-21-18(11-13)24-17-4-2-3-15(23-17)16-12-22-20(28-16)25-9-6-14(7-10-25)19(26)27/h2-5,8,11-12,14H,6-7,9-10H2,1H3,(H,26,27)(H,21,23,24). The second kappa shape index (κ2) is 7.67. The number of nitrogens with one attached hydrogen (secondary N) is 1. The number of anilines is 3. The zero-order valence-corrected chi connectivity index (χ0v) is 15.5. The Hall–Kier alpha value is -3.42. The van der Waals surface area contributed by atoms with Gasteiger partial charge in [0.25, 0.3) is 6.01 Å². The van der Waals surface area contributed by atoms with Crippen molar-refractivity contribution in [2.45, 2.75) is 19.8 Å². The lowest BCUT2D eigenvalue weighted by Gasteiger charge is -2.28. The normalized spacial score (nSPS) is 14.8. The fraction of sp³-hybridized carbons (Fsp3) is 0.300. The summed E-state index contributed by atoms with van der Waals surface area (Å²) < 4.78 is 5.89. The van der Waals surface area contributed by atoms with Gasteiger partial charge < -0.3 is 19.7 Å². The van der Waals surface area contributed by atoms with E-state index in [-0.39, 0.29) is 5.92 Å². The van der Waals surface area contributed by atoms with Crippen molar-refractivity contribution in [2.24, 2.45) is 5.92 Å². The maximum Gasteiger partial charge on any atom is 0.306 e. The van der Waals surface area contributed by atoms with Crippen LogP contribution in [0.15, 0.2) is 47.1 Å². The molecule has 144 valence electrons. The summed E-state index contributed by atoms with van der Waals surface area (Å²) in [6.45, 7) is 3.24. The highest BCUT2D eigenvalue weighted by atomic mass is 16.4. The van der Waals surface area contributed by atoms with Crippen molar-refractivity contribution in [3.05, 3.63) is 48.3 Å². The van der Waals surface area contributed by atoms with Gasteiger partial charge in [0, 0.05) is 19.3 Å². The molecule has 0 atom stereocenters. The first-order chi connectivity index (χ1) is 13.6. The number of rotatable bonds is 5. The van der Waals surface area contributed by atoms with Gasteiger partial charge in [-0.3, -0.25) is 4.79 Å². The Morgan fingerprint density at radius 1 is 1.21 bits per heavy atom. The second-order valence-corrected chi connectivity index (χ2v) is 6.86. The molecule has 4 heterocycles. The number of oxazole rings is 1. The molecule has 0 unspecified atom stereocenters. The number of carboxylic acid groups (broad SMARTS) is 1. The van der Waals surface area contributed by atoms with Crippen LogP contribution in [0, 0.1) is 12.8 Å². The molecule has 28 heavy (non-hydrogen) atoms. The monoisotopic (exact) mass is 379 g/mol. The summed E-state index contributed by atoms with van der Waals surface area (Å²) in [5.74, 6) is 0.936. The number of hydrogen-bond acceptors (Lipinski definition) is 7. The molecule has 0 radical (unpaired) electrons. The number of aryl methyl sites for hydroxylation is 1. The van der Waals surface area contributed by atoms with Gasteiger partial charge in [-0.2, -0.15) is 0 Å². The van der Waals surface area contributed by atoms with Gasteiger partial charge in [0.1, 0.15) is 17.3 Å². The summed E-state index contributed by atoms with van der Waals surface area (Å²) in [6, 6.07) is 9.99. The molecular weight excluding hydrogens is 358 g/mol. The third kappa shape index (κ3) is 3.95. The lowest BCUT2D eigenvalue weighted by atomic mass is 9.97. The Bertz CT molecular complexity index is 979. The molecule has 1 aliphatic heterocycles. The van der Waals surface area contributed by atoms with Crippen molar-refractivity contribution in [2.75, 3.05) is 23.3 Å². The Balaban J connectivity index is 1.47. The van der Waals surface area contributed by atoms with E-state index in [1.807, 2.05) is 42.2 Å². The first kappa shape index (κ1) is 18.0. The molecule has 4 rings (SSSR count). The van der Waals surface area contributed by atoms with E-state index in [9.17, 15) is 4.79 Å². The Morgan fingerprint density at radius 3 is 2.79 bits per heavy atom. The summed E-state index contributed by atoms with van der Waals surface area (Å²) in [4.78, 5) is 26.3. The van der Waals surface area contributed by atoms with Crippen LogP contribution < -0.4 is 10.2 Å². The lowest BCUT2D eigenvalue weighted by molar-refractivity contribution is -0.142. The molecule has 1 saturated heterocycles. The predicted molar refractivity (Wildman–Crippen MR) is 105 cm³/mol. The van der Waals surface area contributed by atoms with E-state index in [0.717, 1.165) is 11.4 Å². The van der Waals surface area contributed by atoms with Crippen molar-refractivity contribution in [1.82, 2.24) is 15.0 Å². The van der Waals surface area contributed by atoms with Gasteiger partial charge in [-0.05, 0) is 49.6 Å². The molecule has 8 nitrogen and oxygen atoms in total. The molecule has 3 aromatic heterocycles. The van der Waals surface area contributed by atoms with Crippen molar-refractivity contribution >= 4 is 23.6 Å². The van der Waals surface area contributed by atoms with Gasteiger partial charge in [0.15, 0.2) is 5.76 Å². The highest BCUT2D eigenvalue weighted by Crippen LogP contribution is 2.27. The largest absolute Gasteiger partial charge is 0.481 e. The fourth-order valence-corrected chi connectivity index (χ4v) is 3.22. The molecule has 8 heteroatoms. The molecule has 2 N–H and O–H groups in total. The Kier molecular flexibility index (Phi) is 4.92. The minimum atomic E-state index is -0.732. The molecule has 0 aromatic carbocycles. The second-order valence-electron chi connectivity index (χ2n) is 6.86. The highest BCUT2D eigenvalue weighted by molar-refractivity contribution is 5.70. The lowest BCUT2D eigenvalue weighted by Crippen LogP contribution is -2.36. The average Bonchev–Trinajstić information content (AvgIpc) is 3.19. The quantitative estimate of drug-likeness (QED) is 0.694. The summed E-state index contributed by atoms with van der Waals surface area (Å²) in [5, 5.41) is 12.3. The molecule has 1 fully saturated rings. The first-order valence-corrected chi connectivity index (χ1v) is 9.19. The Labute approximate surface area is 162 Å². The van der Waals surface area contributed by atoms with Crippen molar-refractivity contribution in [3.8, 4) is 11.5 Å². The third-order valence-corrected chi connectivity index (χ3v) is 4.78. The van der Waals surface area contributed by atoms with E-state index < -0.39 is 5.97 Å². The number of piperidine rings is 1. The van der Waals surface area contributed by atoms with Gasteiger partial charge in [0.05, 0.1) is 12.1 Å². The van der Waals surface area contributed by atoms with Crippen molar-refractivity contribution in [1.29, 1.82) is 0 Å². The number of pyridine rings is 2. The maximum absolute atomic E-state index is 11.1. The summed E-state index contributed by atoms with van der Waals surface area (Å²) in [5.41, 5.74) is 1.78. The van der Waals surface area contributed by atoms with E-state index >= 15 is 0 Å². The number of aliphatic carboxylic acids is 1. The SMILES string of the molecule is Cc1ccnc(Nc2cccc(-c3cnc(N4CCC(C(=O)O)CC4)o3)n2)c1. The average molecular weight is 379 g/mol. The van der Waals surface area contributed by atoms with E-state index in [1.54, 1.807) is 12.4 Å². The van der Waals surface area contributed by atoms with Gasteiger partial charge in [-0.25, -0.2) is 15.0 Å². The van der Waals surface area contributed by atoms with Crippen LogP contribution in [0.1, 0.15) is 18.4 Å². The minimum Gasteiger partial charge on any atom is -0.481 e. The number of aromatic nitrogens is 3. The third-order valence-electron chi connectivity index (χ3n) is 4.78. The van der Waals surface area contributed by atoms with Crippen molar-refractivity contribution < 1.29 is 14.3 Å². The van der Waals surface area contributed by atoms with Crippen LogP contribution in [-0.2, 0) is 4.79 Å². The van der Waals surface area contributed by atoms with Crippen LogP contribution in [-0.4, -0.2) is 39.1 Å². The zero-order chi connectivity index (χ0) is 19.5. The summed E-state index contributed by atoms with van der Waals surface area (Å²) in [7, 11) is 0. The molecule has 0 saturated carbocycles. The van der Waals surface area contributed by atoms with Crippen molar-refractivity contribution in [3.63, 3.8) is 0 Å². The molecular formula is C20H21N5O3. The van der Waals surface area contributed by atoms with Crippen LogP contribution in [0.4, 0.5) is 17.7 Å². The minimum absolute atomic E-state index is 0.287. The van der Waals surface area contributed by atoms with E-state index in [0.29, 0.717) is 49.2 Å². The molecule has 0 bridgehead atoms. The number of carbonyl (C=O) groups is 1. The van der Waals surface area contributed by atoms with Crippen LogP contribution >= 0.6 is 0 Å². The fourth-order valence-electron chi connectivity index (χ4n) is 3.22. The smallest absolute Gasteiger partial charge is 0.306 e. The zero-order valence-electron chi connectivity index (χ0n) is 15.5. The molecule has 0 aliphatic carbocycles.